The van der Waals surface area contributed by atoms with E-state index in [0.29, 0.717) is 13.1 Å². The van der Waals surface area contributed by atoms with Crippen LogP contribution < -0.4 is 16.4 Å². The molecule has 1 aliphatic heterocycles. The number of sulfone groups is 1. The van der Waals surface area contributed by atoms with Crippen molar-refractivity contribution in [3.63, 3.8) is 0 Å². The number of hydrogen-bond donors (Lipinski definition) is 4. The highest BCUT2D eigenvalue weighted by Crippen LogP contribution is 2.11. The minimum Gasteiger partial charge on any atom is -0.399 e. The molecule has 1 heterocycles. The zero-order chi connectivity index (χ0) is 14.6. The van der Waals surface area contributed by atoms with E-state index in [2.05, 4.69) is 10.6 Å². The van der Waals surface area contributed by atoms with E-state index in [9.17, 15) is 13.5 Å². The molecule has 2 rings (SSSR count). The first-order chi connectivity index (χ1) is 9.46. The first-order valence-electron chi connectivity index (χ1n) is 6.63. The summed E-state index contributed by atoms with van der Waals surface area (Å²) in [4.78, 5) is 0. The van der Waals surface area contributed by atoms with Crippen LogP contribution in [-0.2, 0) is 16.4 Å². The van der Waals surface area contributed by atoms with Gasteiger partial charge in [-0.05, 0) is 17.7 Å². The van der Waals surface area contributed by atoms with E-state index in [0.717, 1.165) is 17.8 Å². The molecule has 6 nitrogen and oxygen atoms in total. The molecule has 0 saturated carbocycles. The number of nitrogens with one attached hydrogen (secondary N) is 2. The summed E-state index contributed by atoms with van der Waals surface area (Å²) in [5.41, 5.74) is 7.49. The van der Waals surface area contributed by atoms with Crippen LogP contribution in [0.2, 0.25) is 0 Å². The molecule has 1 aromatic carbocycles. The summed E-state index contributed by atoms with van der Waals surface area (Å²) in [6.45, 7) is 2.05. The molecule has 1 aliphatic rings. The second-order valence-electron chi connectivity index (χ2n) is 5.12. The van der Waals surface area contributed by atoms with Crippen LogP contribution in [0.4, 0.5) is 5.69 Å². The molecule has 112 valence electrons. The van der Waals surface area contributed by atoms with Crippen LogP contribution in [0.15, 0.2) is 24.3 Å². The molecule has 1 aromatic rings. The molecule has 1 saturated heterocycles. The SMILES string of the molecule is Nc1ccc(CNCCN[C@@H]2CS(=O)(=O)C[C@H]2O)cc1. The van der Waals surface area contributed by atoms with Crippen molar-refractivity contribution in [2.45, 2.75) is 18.7 Å². The number of aliphatic hydroxyl groups excluding tert-OH is 1. The van der Waals surface area contributed by atoms with Gasteiger partial charge in [0.15, 0.2) is 9.84 Å². The van der Waals surface area contributed by atoms with E-state index < -0.39 is 15.9 Å². The Kier molecular flexibility index (Phi) is 4.98. The lowest BCUT2D eigenvalue weighted by Crippen LogP contribution is -2.42. The van der Waals surface area contributed by atoms with Gasteiger partial charge in [0.2, 0.25) is 0 Å². The van der Waals surface area contributed by atoms with Gasteiger partial charge in [-0.3, -0.25) is 0 Å². The van der Waals surface area contributed by atoms with Gasteiger partial charge in [0.1, 0.15) is 0 Å². The maximum absolute atomic E-state index is 11.3. The van der Waals surface area contributed by atoms with Crippen LogP contribution in [0.1, 0.15) is 5.56 Å². The normalized spacial score (nSPS) is 24.9. The first-order valence-corrected chi connectivity index (χ1v) is 8.45. The number of aliphatic hydroxyl groups is 1. The molecule has 0 radical (unpaired) electrons. The fraction of sp³-hybridized carbons (Fsp3) is 0.538. The average molecular weight is 299 g/mol. The van der Waals surface area contributed by atoms with Gasteiger partial charge in [-0.2, -0.15) is 0 Å². The van der Waals surface area contributed by atoms with E-state index in [1.807, 2.05) is 24.3 Å². The van der Waals surface area contributed by atoms with Gasteiger partial charge in [0.25, 0.3) is 0 Å². The Morgan fingerprint density at radius 3 is 2.50 bits per heavy atom. The molecule has 2 atom stereocenters. The average Bonchev–Trinajstić information content (AvgIpc) is 2.64. The Bertz CT molecular complexity index is 530. The van der Waals surface area contributed by atoms with Crippen molar-refractivity contribution in [2.24, 2.45) is 0 Å². The molecule has 5 N–H and O–H groups in total. The number of hydrogen-bond acceptors (Lipinski definition) is 6. The van der Waals surface area contributed by atoms with Gasteiger partial charge < -0.3 is 21.5 Å². The predicted octanol–water partition coefficient (Wildman–Crippen LogP) is -0.894. The van der Waals surface area contributed by atoms with Gasteiger partial charge in [0.05, 0.1) is 17.6 Å². The molecular weight excluding hydrogens is 278 g/mol. The number of nitrogen functional groups attached to an aromatic ring is 1. The maximum Gasteiger partial charge on any atom is 0.154 e. The summed E-state index contributed by atoms with van der Waals surface area (Å²) in [5, 5.41) is 15.9. The minimum absolute atomic E-state index is 0.0200. The molecule has 20 heavy (non-hydrogen) atoms. The molecular formula is C13H21N3O3S. The van der Waals surface area contributed by atoms with Crippen LogP contribution in [0, 0.1) is 0 Å². The summed E-state index contributed by atoms with van der Waals surface area (Å²) in [6, 6.07) is 7.29. The number of benzene rings is 1. The Morgan fingerprint density at radius 1 is 1.20 bits per heavy atom. The third kappa shape index (κ3) is 4.45. The monoisotopic (exact) mass is 299 g/mol. The minimum atomic E-state index is -3.08. The molecule has 0 spiro atoms. The Hall–Kier alpha value is -1.15. The van der Waals surface area contributed by atoms with Crippen molar-refractivity contribution in [3.8, 4) is 0 Å². The van der Waals surface area contributed by atoms with Crippen molar-refractivity contribution < 1.29 is 13.5 Å². The van der Waals surface area contributed by atoms with Gasteiger partial charge in [-0.1, -0.05) is 12.1 Å². The molecule has 7 heteroatoms. The number of rotatable bonds is 6. The van der Waals surface area contributed by atoms with Gasteiger partial charge in [-0.15, -0.1) is 0 Å². The second kappa shape index (κ2) is 6.53. The van der Waals surface area contributed by atoms with Crippen molar-refractivity contribution in [1.82, 2.24) is 10.6 Å². The standard InChI is InChI=1S/C13H21N3O3S/c14-11-3-1-10(2-4-11)7-15-5-6-16-12-8-20(18,19)9-13(12)17/h1-4,12-13,15-17H,5-9,14H2/t12-,13-/m1/s1. The summed E-state index contributed by atoms with van der Waals surface area (Å²) < 4.78 is 22.7. The Morgan fingerprint density at radius 2 is 1.90 bits per heavy atom. The highest BCUT2D eigenvalue weighted by atomic mass is 32.2. The fourth-order valence-electron chi connectivity index (χ4n) is 2.24. The maximum atomic E-state index is 11.3. The largest absolute Gasteiger partial charge is 0.399 e. The second-order valence-corrected chi connectivity index (χ2v) is 7.28. The Labute approximate surface area is 119 Å². The molecule has 0 aliphatic carbocycles. The molecule has 0 aromatic heterocycles. The third-order valence-electron chi connectivity index (χ3n) is 3.34. The zero-order valence-corrected chi connectivity index (χ0v) is 12.1. The van der Waals surface area contributed by atoms with Crippen molar-refractivity contribution in [1.29, 1.82) is 0 Å². The zero-order valence-electron chi connectivity index (χ0n) is 11.2. The van der Waals surface area contributed by atoms with Gasteiger partial charge in [-0.25, -0.2) is 8.42 Å². The highest BCUT2D eigenvalue weighted by molar-refractivity contribution is 7.91. The van der Waals surface area contributed by atoms with Crippen molar-refractivity contribution in [2.75, 3.05) is 30.3 Å². The highest BCUT2D eigenvalue weighted by Gasteiger charge is 2.35. The summed E-state index contributed by atoms with van der Waals surface area (Å²) in [5.74, 6) is -0.115. The topological polar surface area (TPSA) is 104 Å². The lowest BCUT2D eigenvalue weighted by molar-refractivity contribution is 0.166. The van der Waals surface area contributed by atoms with E-state index in [1.54, 1.807) is 0 Å². The number of nitrogens with two attached hydrogens (primary N) is 1. The van der Waals surface area contributed by atoms with Crippen LogP contribution in [0.5, 0.6) is 0 Å². The quantitative estimate of drug-likeness (QED) is 0.401. The van der Waals surface area contributed by atoms with E-state index in [1.165, 1.54) is 0 Å². The number of anilines is 1. The summed E-state index contributed by atoms with van der Waals surface area (Å²) in [7, 11) is -3.08. The lowest BCUT2D eigenvalue weighted by Gasteiger charge is -2.15. The van der Waals surface area contributed by atoms with E-state index in [4.69, 9.17) is 5.73 Å². The van der Waals surface area contributed by atoms with Crippen LogP contribution in [-0.4, -0.2) is 50.3 Å². The van der Waals surface area contributed by atoms with Crippen LogP contribution in [0.3, 0.4) is 0 Å². The summed E-state index contributed by atoms with van der Waals surface area (Å²) >= 11 is 0. The molecule has 0 unspecified atom stereocenters. The molecule has 0 bridgehead atoms. The lowest BCUT2D eigenvalue weighted by atomic mass is 10.2. The first kappa shape index (κ1) is 15.2. The van der Waals surface area contributed by atoms with Crippen LogP contribution in [0.25, 0.3) is 0 Å². The third-order valence-corrected chi connectivity index (χ3v) is 5.06. The predicted molar refractivity (Wildman–Crippen MR) is 79.0 cm³/mol. The smallest absolute Gasteiger partial charge is 0.154 e. The van der Waals surface area contributed by atoms with Crippen molar-refractivity contribution >= 4 is 15.5 Å². The molecule has 0 amide bonds. The van der Waals surface area contributed by atoms with Gasteiger partial charge >= 0.3 is 0 Å². The van der Waals surface area contributed by atoms with E-state index in [-0.39, 0.29) is 17.5 Å². The molecule has 1 fully saturated rings. The Balaban J connectivity index is 1.64. The fourth-order valence-corrected chi connectivity index (χ4v) is 4.01. The van der Waals surface area contributed by atoms with Gasteiger partial charge in [0, 0.05) is 31.4 Å². The van der Waals surface area contributed by atoms with Crippen molar-refractivity contribution in [3.05, 3.63) is 29.8 Å². The van der Waals surface area contributed by atoms with Crippen LogP contribution >= 0.6 is 0 Å². The van der Waals surface area contributed by atoms with E-state index >= 15 is 0 Å². The summed E-state index contributed by atoms with van der Waals surface area (Å²) in [6.07, 6.45) is -0.794.